The van der Waals surface area contributed by atoms with E-state index in [4.69, 9.17) is 10.6 Å². The Morgan fingerprint density at radius 3 is 2.95 bits per heavy atom. The molecule has 98 valence electrons. The third kappa shape index (κ3) is 6.07. The van der Waals surface area contributed by atoms with Gasteiger partial charge in [-0.1, -0.05) is 5.16 Å². The molecule has 1 aromatic rings. The summed E-state index contributed by atoms with van der Waals surface area (Å²) < 4.78 is 3.71. The summed E-state index contributed by atoms with van der Waals surface area (Å²) in [6.45, 7) is 0.579. The Hall–Kier alpha value is -1.07. The summed E-state index contributed by atoms with van der Waals surface area (Å²) in [6.07, 6.45) is 0.935. The van der Waals surface area contributed by atoms with E-state index in [1.807, 2.05) is 0 Å². The summed E-state index contributed by atoms with van der Waals surface area (Å²) >= 11 is 0.813. The first-order valence-corrected chi connectivity index (χ1v) is 5.62. The predicted molar refractivity (Wildman–Crippen MR) is 60.8 cm³/mol. The first kappa shape index (κ1) is 17.9. The van der Waals surface area contributed by atoms with Crippen molar-refractivity contribution >= 4 is 34.8 Å². The van der Waals surface area contributed by atoms with Gasteiger partial charge >= 0.3 is 29.6 Å². The van der Waals surface area contributed by atoms with E-state index in [-0.39, 0.29) is 47.1 Å². The molecular formula is C8H10N5NaO4S. The van der Waals surface area contributed by atoms with Gasteiger partial charge in [-0.15, -0.1) is 0 Å². The number of carboxylic acid groups (broad SMARTS) is 1. The largest absolute Gasteiger partial charge is 1.00 e. The Balaban J connectivity index is 0.00000324. The molecule has 0 spiro atoms. The van der Waals surface area contributed by atoms with Crippen LogP contribution >= 0.6 is 11.5 Å². The average Bonchev–Trinajstić information content (AvgIpc) is 2.77. The number of nitrogens with two attached hydrogens (primary N) is 1. The van der Waals surface area contributed by atoms with Crippen LogP contribution < -0.4 is 45.7 Å². The molecule has 3 N–H and O–H groups in total. The van der Waals surface area contributed by atoms with Crippen LogP contribution in [-0.2, 0) is 14.4 Å². The molecule has 0 aliphatic heterocycles. The molecular weight excluding hydrogens is 285 g/mol. The van der Waals surface area contributed by atoms with Gasteiger partial charge in [0.1, 0.15) is 6.61 Å². The van der Waals surface area contributed by atoms with Crippen molar-refractivity contribution < 1.29 is 49.1 Å². The maximum absolute atomic E-state index is 10.8. The van der Waals surface area contributed by atoms with Crippen LogP contribution in [0, 0.1) is 0 Å². The van der Waals surface area contributed by atoms with E-state index in [2.05, 4.69) is 19.8 Å². The zero-order valence-corrected chi connectivity index (χ0v) is 13.0. The predicted octanol–water partition coefficient (Wildman–Crippen LogP) is -5.07. The van der Waals surface area contributed by atoms with Crippen LogP contribution in [0.4, 0.5) is 5.13 Å². The zero-order valence-electron chi connectivity index (χ0n) is 10.2. The van der Waals surface area contributed by atoms with Gasteiger partial charge in [0, 0.05) is 11.5 Å². The molecule has 0 bridgehead atoms. The van der Waals surface area contributed by atoms with Crippen molar-refractivity contribution in [2.45, 2.75) is 6.42 Å². The number of amides is 1. The SMILES string of the molecule is NCCCON=C(C(=O)[O-])c1nsc(NC=O)n1.[Na+]. The van der Waals surface area contributed by atoms with E-state index < -0.39 is 11.7 Å². The van der Waals surface area contributed by atoms with E-state index in [1.165, 1.54) is 0 Å². The molecule has 1 rings (SSSR count). The number of hydrogen-bond donors (Lipinski definition) is 2. The number of carbonyl (C=O) groups excluding carboxylic acids is 2. The first-order chi connectivity index (χ1) is 8.69. The smallest absolute Gasteiger partial charge is 0.543 e. The van der Waals surface area contributed by atoms with Crippen molar-refractivity contribution in [2.24, 2.45) is 10.9 Å². The van der Waals surface area contributed by atoms with Crippen LogP contribution in [0.15, 0.2) is 5.16 Å². The molecule has 9 nitrogen and oxygen atoms in total. The van der Waals surface area contributed by atoms with Gasteiger partial charge in [0.15, 0.2) is 11.5 Å². The van der Waals surface area contributed by atoms with E-state index in [0.717, 1.165) is 11.5 Å². The van der Waals surface area contributed by atoms with E-state index in [1.54, 1.807) is 0 Å². The van der Waals surface area contributed by atoms with Crippen molar-refractivity contribution in [1.82, 2.24) is 9.36 Å². The van der Waals surface area contributed by atoms with Gasteiger partial charge in [-0.3, -0.25) is 4.79 Å². The van der Waals surface area contributed by atoms with Gasteiger partial charge in [0.2, 0.25) is 11.5 Å². The van der Waals surface area contributed by atoms with Crippen LogP contribution in [-0.4, -0.2) is 40.6 Å². The Morgan fingerprint density at radius 2 is 2.37 bits per heavy atom. The van der Waals surface area contributed by atoms with E-state index in [0.29, 0.717) is 19.4 Å². The summed E-state index contributed by atoms with van der Waals surface area (Å²) in [5, 5.41) is 16.6. The van der Waals surface area contributed by atoms with Gasteiger partial charge in [0.25, 0.3) is 0 Å². The summed E-state index contributed by atoms with van der Waals surface area (Å²) in [6, 6.07) is 0. The molecule has 11 heteroatoms. The number of aromatic nitrogens is 2. The third-order valence-corrected chi connectivity index (χ3v) is 2.26. The second-order valence-corrected chi connectivity index (χ2v) is 3.64. The number of carboxylic acids is 1. The molecule has 1 aromatic heterocycles. The van der Waals surface area contributed by atoms with Gasteiger partial charge in [-0.25, -0.2) is 0 Å². The Labute approximate surface area is 134 Å². The van der Waals surface area contributed by atoms with Crippen molar-refractivity contribution in [2.75, 3.05) is 18.5 Å². The zero-order chi connectivity index (χ0) is 13.4. The summed E-state index contributed by atoms with van der Waals surface area (Å²) in [4.78, 5) is 29.5. The minimum Gasteiger partial charge on any atom is -0.543 e. The maximum Gasteiger partial charge on any atom is 1.00 e. The second kappa shape index (κ2) is 9.81. The molecule has 0 aromatic carbocycles. The number of carbonyl (C=O) groups is 2. The Kier molecular flexibility index (Phi) is 9.26. The van der Waals surface area contributed by atoms with Crippen LogP contribution in [0.5, 0.6) is 0 Å². The molecule has 0 aliphatic rings. The molecule has 0 radical (unpaired) electrons. The van der Waals surface area contributed by atoms with Crippen LogP contribution in [0.1, 0.15) is 12.2 Å². The molecule has 19 heavy (non-hydrogen) atoms. The molecule has 0 atom stereocenters. The minimum atomic E-state index is -1.57. The number of aliphatic carboxylic acids is 1. The molecule has 0 aliphatic carbocycles. The molecule has 0 fully saturated rings. The molecule has 0 saturated carbocycles. The average molecular weight is 295 g/mol. The van der Waals surface area contributed by atoms with Gasteiger partial charge in [0.05, 0.1) is 5.97 Å². The molecule has 0 unspecified atom stereocenters. The van der Waals surface area contributed by atoms with Gasteiger partial charge in [-0.05, 0) is 13.0 Å². The monoisotopic (exact) mass is 295 g/mol. The first-order valence-electron chi connectivity index (χ1n) is 4.84. The maximum atomic E-state index is 10.8. The standard InChI is InChI=1S/C8H11N5O4S.Na/c9-2-1-3-17-12-5(7(15)16)6-11-8(10-4-14)18-13-6;/h4H,1-3,9H2,(H,15,16)(H,10,11,13,14);/q;+1/p-1. The van der Waals surface area contributed by atoms with Crippen molar-refractivity contribution in [1.29, 1.82) is 0 Å². The van der Waals surface area contributed by atoms with Crippen LogP contribution in [0.25, 0.3) is 0 Å². The third-order valence-electron chi connectivity index (χ3n) is 1.61. The quantitative estimate of drug-likeness (QED) is 0.161. The Morgan fingerprint density at radius 1 is 1.63 bits per heavy atom. The number of oxime groups is 1. The second-order valence-electron chi connectivity index (χ2n) is 2.89. The van der Waals surface area contributed by atoms with Crippen molar-refractivity contribution in [3.63, 3.8) is 0 Å². The number of rotatable bonds is 8. The normalized spacial score (nSPS) is 10.5. The van der Waals surface area contributed by atoms with Crippen LogP contribution in [0.3, 0.4) is 0 Å². The van der Waals surface area contributed by atoms with E-state index in [9.17, 15) is 14.7 Å². The fourth-order valence-corrected chi connectivity index (χ4v) is 1.38. The fourth-order valence-electron chi connectivity index (χ4n) is 0.856. The van der Waals surface area contributed by atoms with Crippen molar-refractivity contribution in [3.05, 3.63) is 5.82 Å². The fraction of sp³-hybridized carbons (Fsp3) is 0.375. The summed E-state index contributed by atoms with van der Waals surface area (Å²) in [5.74, 6) is -1.75. The number of nitrogens with one attached hydrogen (secondary N) is 1. The van der Waals surface area contributed by atoms with Crippen molar-refractivity contribution in [3.8, 4) is 0 Å². The molecule has 1 amide bonds. The number of nitrogens with zero attached hydrogens (tertiary/aromatic N) is 3. The van der Waals surface area contributed by atoms with Gasteiger partial charge < -0.3 is 25.8 Å². The number of anilines is 1. The molecule has 0 saturated heterocycles. The topological polar surface area (TPSA) is 143 Å². The summed E-state index contributed by atoms with van der Waals surface area (Å²) in [5.41, 5.74) is 4.69. The molecule has 1 heterocycles. The Bertz CT molecular complexity index is 452. The summed E-state index contributed by atoms with van der Waals surface area (Å²) in [7, 11) is 0. The van der Waals surface area contributed by atoms with Gasteiger partial charge in [-0.2, -0.15) is 9.36 Å². The number of hydrogen-bond acceptors (Lipinski definition) is 9. The van der Waals surface area contributed by atoms with E-state index >= 15 is 0 Å². The minimum absolute atomic E-state index is 0. The van der Waals surface area contributed by atoms with Crippen LogP contribution in [0.2, 0.25) is 0 Å².